The van der Waals surface area contributed by atoms with Gasteiger partial charge in [0.1, 0.15) is 9.93 Å². The van der Waals surface area contributed by atoms with E-state index in [4.69, 9.17) is 16.3 Å². The topological polar surface area (TPSA) is 51.2 Å². The highest BCUT2D eigenvalue weighted by molar-refractivity contribution is 14.1. The second-order valence-corrected chi connectivity index (χ2v) is 7.67. The van der Waals surface area contributed by atoms with Crippen LogP contribution in [-0.2, 0) is 15.7 Å². The minimum absolute atomic E-state index is 0.0633. The van der Waals surface area contributed by atoms with Crippen molar-refractivity contribution in [2.24, 2.45) is 0 Å². The molecule has 1 aromatic carbocycles. The van der Waals surface area contributed by atoms with E-state index in [2.05, 4.69) is 32.9 Å². The maximum absolute atomic E-state index is 12.7. The van der Waals surface area contributed by atoms with Crippen LogP contribution in [0.25, 0.3) is 0 Å². The molecule has 144 valence electrons. The molecule has 0 aliphatic heterocycles. The monoisotopic (exact) mass is 528 g/mol. The van der Waals surface area contributed by atoms with Crippen molar-refractivity contribution in [3.8, 4) is 0 Å². The molecule has 1 N–H and O–H groups in total. The number of alkyl halides is 3. The molecule has 0 radical (unpaired) electrons. The van der Waals surface area contributed by atoms with Gasteiger partial charge in [-0.1, -0.05) is 23.4 Å². The summed E-state index contributed by atoms with van der Waals surface area (Å²) in [6.45, 7) is 1.80. The molecule has 0 bridgehead atoms. The van der Waals surface area contributed by atoms with E-state index in [1.807, 2.05) is 24.3 Å². The maximum Gasteiger partial charge on any atom is 0.417 e. The predicted octanol–water partition coefficient (Wildman–Crippen LogP) is 5.97. The van der Waals surface area contributed by atoms with Crippen LogP contribution in [0.5, 0.6) is 0 Å². The van der Waals surface area contributed by atoms with Gasteiger partial charge >= 0.3 is 12.1 Å². The van der Waals surface area contributed by atoms with Crippen LogP contribution in [0.3, 0.4) is 0 Å². The smallest absolute Gasteiger partial charge is 0.417 e. The average molecular weight is 529 g/mol. The van der Waals surface area contributed by atoms with Crippen LogP contribution in [-0.4, -0.2) is 17.6 Å². The van der Waals surface area contributed by atoms with Gasteiger partial charge in [-0.15, -0.1) is 0 Å². The number of hydrogen-bond donors (Lipinski definition) is 1. The van der Waals surface area contributed by atoms with Gasteiger partial charge in [-0.3, -0.25) is 0 Å². The van der Waals surface area contributed by atoms with Gasteiger partial charge in [0, 0.05) is 21.7 Å². The number of benzene rings is 1. The number of carbonyl (C=O) groups is 1. The number of thioether (sulfide) groups is 1. The molecule has 0 aliphatic carbocycles. The molecular weight excluding hydrogens is 516 g/mol. The molecule has 2 rings (SSSR count). The van der Waals surface area contributed by atoms with Gasteiger partial charge in [-0.05, 0) is 59.8 Å². The van der Waals surface area contributed by atoms with E-state index in [1.165, 1.54) is 6.20 Å². The van der Waals surface area contributed by atoms with Crippen LogP contribution >= 0.6 is 46.0 Å². The second kappa shape index (κ2) is 9.65. The number of nitrogens with zero attached hydrogens (tertiary/aromatic N) is 1. The standard InChI is InChI=1S/C17H13ClF3IN2O2S/c1-2-26-16(25)14(9-23-12-5-3-11(22)4-6-12)27-15-13(18)7-10(8-24-15)17(19,20)21/h3-9,23H,2H2,1H3. The summed E-state index contributed by atoms with van der Waals surface area (Å²) < 4.78 is 44.2. The molecule has 0 spiro atoms. The Balaban J connectivity index is 2.25. The summed E-state index contributed by atoms with van der Waals surface area (Å²) in [6, 6.07) is 8.15. The van der Waals surface area contributed by atoms with E-state index < -0.39 is 17.7 Å². The summed E-state index contributed by atoms with van der Waals surface area (Å²) in [4.78, 5) is 16.0. The highest BCUT2D eigenvalue weighted by atomic mass is 127. The SMILES string of the molecule is CCOC(=O)C(=CNc1ccc(I)cc1)Sc1ncc(C(F)(F)F)cc1Cl. The largest absolute Gasteiger partial charge is 0.462 e. The number of hydrogen-bond acceptors (Lipinski definition) is 5. The second-order valence-electron chi connectivity index (χ2n) is 4.99. The fourth-order valence-corrected chi connectivity index (χ4v) is 3.16. The first-order valence-corrected chi connectivity index (χ1v) is 9.78. The van der Waals surface area contributed by atoms with Crippen molar-refractivity contribution in [1.29, 1.82) is 0 Å². The maximum atomic E-state index is 12.7. The molecule has 0 aliphatic rings. The summed E-state index contributed by atoms with van der Waals surface area (Å²) in [5.74, 6) is -0.640. The Labute approximate surface area is 176 Å². The lowest BCUT2D eigenvalue weighted by molar-refractivity contribution is -0.138. The van der Waals surface area contributed by atoms with Crippen molar-refractivity contribution in [2.45, 2.75) is 18.1 Å². The van der Waals surface area contributed by atoms with Crippen molar-refractivity contribution in [3.63, 3.8) is 0 Å². The number of pyridine rings is 1. The molecule has 0 atom stereocenters. The van der Waals surface area contributed by atoms with E-state index in [1.54, 1.807) is 6.92 Å². The first-order valence-electron chi connectivity index (χ1n) is 7.50. The summed E-state index contributed by atoms with van der Waals surface area (Å²) in [7, 11) is 0. The number of halogens is 5. The highest BCUT2D eigenvalue weighted by Crippen LogP contribution is 2.36. The lowest BCUT2D eigenvalue weighted by Crippen LogP contribution is -2.08. The molecule has 0 saturated heterocycles. The number of aromatic nitrogens is 1. The third kappa shape index (κ3) is 6.58. The predicted molar refractivity (Wildman–Crippen MR) is 108 cm³/mol. The minimum atomic E-state index is -4.55. The summed E-state index contributed by atoms with van der Waals surface area (Å²) >= 11 is 8.89. The molecule has 0 amide bonds. The van der Waals surface area contributed by atoms with E-state index in [0.29, 0.717) is 6.20 Å². The fraction of sp³-hybridized carbons (Fsp3) is 0.176. The van der Waals surface area contributed by atoms with Crippen LogP contribution in [0.4, 0.5) is 18.9 Å². The zero-order valence-electron chi connectivity index (χ0n) is 13.8. The van der Waals surface area contributed by atoms with Crippen molar-refractivity contribution in [2.75, 3.05) is 11.9 Å². The van der Waals surface area contributed by atoms with Gasteiger partial charge in [-0.2, -0.15) is 13.2 Å². The molecule has 0 unspecified atom stereocenters. The normalized spacial score (nSPS) is 12.0. The lowest BCUT2D eigenvalue weighted by atomic mass is 10.3. The Morgan fingerprint density at radius 3 is 2.59 bits per heavy atom. The van der Waals surface area contributed by atoms with Gasteiger partial charge in [0.15, 0.2) is 0 Å². The first-order chi connectivity index (χ1) is 12.7. The summed E-state index contributed by atoms with van der Waals surface area (Å²) in [5.41, 5.74) is -0.236. The van der Waals surface area contributed by atoms with Crippen molar-refractivity contribution in [3.05, 3.63) is 61.8 Å². The first kappa shape index (κ1) is 21.8. The minimum Gasteiger partial charge on any atom is -0.462 e. The Morgan fingerprint density at radius 1 is 1.37 bits per heavy atom. The Hall–Kier alpha value is -1.46. The van der Waals surface area contributed by atoms with Gasteiger partial charge in [0.2, 0.25) is 0 Å². The number of nitrogens with one attached hydrogen (secondary N) is 1. The van der Waals surface area contributed by atoms with E-state index >= 15 is 0 Å². The number of anilines is 1. The van der Waals surface area contributed by atoms with Gasteiger partial charge < -0.3 is 10.1 Å². The zero-order chi connectivity index (χ0) is 20.0. The molecule has 0 fully saturated rings. The molecule has 27 heavy (non-hydrogen) atoms. The van der Waals surface area contributed by atoms with Crippen molar-refractivity contribution >= 4 is 57.6 Å². The number of carbonyl (C=O) groups excluding carboxylic acids is 1. The molecule has 10 heteroatoms. The van der Waals surface area contributed by atoms with Gasteiger partial charge in [0.25, 0.3) is 0 Å². The number of ether oxygens (including phenoxy) is 1. The van der Waals surface area contributed by atoms with E-state index in [9.17, 15) is 18.0 Å². The Morgan fingerprint density at radius 2 is 2.04 bits per heavy atom. The number of esters is 1. The van der Waals surface area contributed by atoms with Crippen LogP contribution in [0.2, 0.25) is 5.02 Å². The summed E-state index contributed by atoms with van der Waals surface area (Å²) in [5, 5.41) is 2.80. The fourth-order valence-electron chi connectivity index (χ4n) is 1.79. The highest BCUT2D eigenvalue weighted by Gasteiger charge is 2.31. The van der Waals surface area contributed by atoms with Gasteiger partial charge in [0.05, 0.1) is 17.2 Å². The van der Waals surface area contributed by atoms with Crippen molar-refractivity contribution in [1.82, 2.24) is 4.98 Å². The molecule has 0 saturated carbocycles. The summed E-state index contributed by atoms with van der Waals surface area (Å²) in [6.07, 6.45) is -2.48. The van der Waals surface area contributed by atoms with Crippen LogP contribution in [0.1, 0.15) is 12.5 Å². The molecule has 1 aromatic heterocycles. The quantitative estimate of drug-likeness (QED) is 0.217. The van der Waals surface area contributed by atoms with Crippen LogP contribution < -0.4 is 5.32 Å². The Bertz CT molecular complexity index is 845. The Kier molecular flexibility index (Phi) is 7.80. The molecule has 1 heterocycles. The molecular formula is C17H13ClF3IN2O2S. The van der Waals surface area contributed by atoms with Gasteiger partial charge in [-0.25, -0.2) is 9.78 Å². The average Bonchev–Trinajstić information content (AvgIpc) is 2.60. The van der Waals surface area contributed by atoms with Crippen molar-refractivity contribution < 1.29 is 22.7 Å². The molecule has 2 aromatic rings. The van der Waals surface area contributed by atoms with Crippen LogP contribution in [0, 0.1) is 3.57 Å². The zero-order valence-corrected chi connectivity index (χ0v) is 17.5. The molecule has 4 nitrogen and oxygen atoms in total. The van der Waals surface area contributed by atoms with E-state index in [-0.39, 0.29) is 21.6 Å². The van der Waals surface area contributed by atoms with Crippen LogP contribution in [0.15, 0.2) is 52.7 Å². The third-order valence-corrected chi connectivity index (χ3v) is 5.17. The van der Waals surface area contributed by atoms with E-state index in [0.717, 1.165) is 27.1 Å². The third-order valence-electron chi connectivity index (χ3n) is 3.03. The lowest BCUT2D eigenvalue weighted by Gasteiger charge is -2.11. The number of rotatable bonds is 6.